The summed E-state index contributed by atoms with van der Waals surface area (Å²) in [4.78, 5) is 11.6. The van der Waals surface area contributed by atoms with Gasteiger partial charge in [-0.25, -0.2) is 0 Å². The van der Waals surface area contributed by atoms with Crippen molar-refractivity contribution in [1.29, 1.82) is 0 Å². The lowest BCUT2D eigenvalue weighted by molar-refractivity contribution is -0.127. The van der Waals surface area contributed by atoms with Crippen molar-refractivity contribution >= 4 is 5.91 Å². The molecule has 0 aliphatic heterocycles. The summed E-state index contributed by atoms with van der Waals surface area (Å²) in [6.07, 6.45) is 1.28. The summed E-state index contributed by atoms with van der Waals surface area (Å²) in [5.74, 6) is 0.609. The largest absolute Gasteiger partial charge is 0.481 e. The van der Waals surface area contributed by atoms with Gasteiger partial charge in [-0.05, 0) is 44.4 Å². The number of nitrogens with one attached hydrogen (secondary N) is 1. The first-order valence-corrected chi connectivity index (χ1v) is 6.85. The van der Waals surface area contributed by atoms with Gasteiger partial charge in [-0.3, -0.25) is 4.79 Å². The normalized spacial score (nSPS) is 13.7. The van der Waals surface area contributed by atoms with Crippen LogP contribution in [0.3, 0.4) is 0 Å². The molecule has 0 radical (unpaired) electrons. The number of carbonyl (C=O) groups is 1. The fraction of sp³-hybridized carbons (Fsp3) is 0.533. The van der Waals surface area contributed by atoms with E-state index in [9.17, 15) is 4.79 Å². The van der Waals surface area contributed by atoms with Gasteiger partial charge in [0.05, 0.1) is 0 Å². The fourth-order valence-corrected chi connectivity index (χ4v) is 1.77. The minimum atomic E-state index is -0.491. The Balaban J connectivity index is 2.63. The summed E-state index contributed by atoms with van der Waals surface area (Å²) < 4.78 is 5.63. The number of ether oxygens (including phenoxy) is 1. The van der Waals surface area contributed by atoms with E-state index >= 15 is 0 Å². The molecule has 0 spiro atoms. The Morgan fingerprint density at radius 3 is 2.79 bits per heavy atom. The highest BCUT2D eigenvalue weighted by atomic mass is 16.5. The number of carbonyl (C=O) groups excluding carboxylic acids is 1. The predicted molar refractivity (Wildman–Crippen MR) is 77.2 cm³/mol. The molecular formula is C15H24N2O2. The lowest BCUT2D eigenvalue weighted by Gasteiger charge is -2.15. The molecular weight excluding hydrogens is 240 g/mol. The molecule has 1 amide bonds. The quantitative estimate of drug-likeness (QED) is 0.790. The van der Waals surface area contributed by atoms with Crippen LogP contribution in [-0.4, -0.2) is 24.6 Å². The van der Waals surface area contributed by atoms with Crippen LogP contribution < -0.4 is 15.8 Å². The van der Waals surface area contributed by atoms with E-state index in [0.29, 0.717) is 12.3 Å². The molecule has 0 aromatic heterocycles. The molecule has 0 saturated carbocycles. The van der Waals surface area contributed by atoms with Crippen molar-refractivity contribution in [2.24, 2.45) is 5.73 Å². The highest BCUT2D eigenvalue weighted by molar-refractivity contribution is 5.80. The molecule has 0 fully saturated rings. The van der Waals surface area contributed by atoms with Crippen LogP contribution in [0, 0.1) is 0 Å². The van der Waals surface area contributed by atoms with Crippen LogP contribution in [0.5, 0.6) is 5.75 Å². The van der Waals surface area contributed by atoms with E-state index in [4.69, 9.17) is 10.5 Å². The second-order valence-electron chi connectivity index (χ2n) is 4.67. The Hall–Kier alpha value is -1.55. The number of hydrogen-bond acceptors (Lipinski definition) is 3. The van der Waals surface area contributed by atoms with Gasteiger partial charge in [0.2, 0.25) is 0 Å². The number of benzene rings is 1. The zero-order chi connectivity index (χ0) is 14.3. The Labute approximate surface area is 115 Å². The topological polar surface area (TPSA) is 64.3 Å². The molecule has 2 atom stereocenters. The third-order valence-corrected chi connectivity index (χ3v) is 2.95. The average Bonchev–Trinajstić information content (AvgIpc) is 2.39. The van der Waals surface area contributed by atoms with Crippen LogP contribution in [0.1, 0.15) is 32.8 Å². The minimum absolute atomic E-state index is 0.0989. The van der Waals surface area contributed by atoms with Crippen LogP contribution in [0.2, 0.25) is 0 Å². The van der Waals surface area contributed by atoms with Gasteiger partial charge in [0.1, 0.15) is 5.75 Å². The van der Waals surface area contributed by atoms with Gasteiger partial charge in [0, 0.05) is 12.6 Å². The second kappa shape index (κ2) is 7.79. The standard InChI is InChI=1S/C15H24N2O2/c1-4-13(16)9-12-7-6-8-14(10-12)19-11(3)15(18)17-5-2/h6-8,10-11,13H,4-5,9,16H2,1-3H3,(H,17,18). The van der Waals surface area contributed by atoms with Crippen LogP contribution >= 0.6 is 0 Å². The van der Waals surface area contributed by atoms with E-state index in [-0.39, 0.29) is 11.9 Å². The van der Waals surface area contributed by atoms with Gasteiger partial charge in [-0.1, -0.05) is 19.1 Å². The molecule has 1 rings (SSSR count). The Bertz CT molecular complexity index is 407. The van der Waals surface area contributed by atoms with E-state index in [0.717, 1.165) is 18.4 Å². The van der Waals surface area contributed by atoms with Crippen molar-refractivity contribution in [2.45, 2.75) is 45.8 Å². The van der Waals surface area contributed by atoms with Crippen molar-refractivity contribution < 1.29 is 9.53 Å². The predicted octanol–water partition coefficient (Wildman–Crippen LogP) is 1.87. The molecule has 0 bridgehead atoms. The van der Waals surface area contributed by atoms with Crippen LogP contribution in [-0.2, 0) is 11.2 Å². The Morgan fingerprint density at radius 1 is 1.42 bits per heavy atom. The third kappa shape index (κ3) is 5.30. The van der Waals surface area contributed by atoms with E-state index in [2.05, 4.69) is 12.2 Å². The fourth-order valence-electron chi connectivity index (χ4n) is 1.77. The number of rotatable bonds is 7. The van der Waals surface area contributed by atoms with Crippen LogP contribution in [0.4, 0.5) is 0 Å². The summed E-state index contributed by atoms with van der Waals surface area (Å²) >= 11 is 0. The second-order valence-corrected chi connectivity index (χ2v) is 4.67. The van der Waals surface area contributed by atoms with Crippen LogP contribution in [0.25, 0.3) is 0 Å². The van der Waals surface area contributed by atoms with Crippen molar-refractivity contribution in [3.8, 4) is 5.75 Å². The highest BCUT2D eigenvalue weighted by Crippen LogP contribution is 2.16. The maximum absolute atomic E-state index is 11.6. The zero-order valence-corrected chi connectivity index (χ0v) is 12.0. The number of nitrogens with two attached hydrogens (primary N) is 1. The smallest absolute Gasteiger partial charge is 0.260 e. The monoisotopic (exact) mass is 264 g/mol. The molecule has 1 aromatic carbocycles. The third-order valence-electron chi connectivity index (χ3n) is 2.95. The molecule has 0 aliphatic carbocycles. The highest BCUT2D eigenvalue weighted by Gasteiger charge is 2.13. The molecule has 4 nitrogen and oxygen atoms in total. The van der Waals surface area contributed by atoms with Crippen molar-refractivity contribution in [1.82, 2.24) is 5.32 Å². The van der Waals surface area contributed by atoms with Gasteiger partial charge >= 0.3 is 0 Å². The van der Waals surface area contributed by atoms with Crippen molar-refractivity contribution in [2.75, 3.05) is 6.54 Å². The van der Waals surface area contributed by atoms with E-state index < -0.39 is 6.10 Å². The van der Waals surface area contributed by atoms with Crippen LogP contribution in [0.15, 0.2) is 24.3 Å². The maximum atomic E-state index is 11.6. The zero-order valence-electron chi connectivity index (χ0n) is 12.0. The first kappa shape index (κ1) is 15.5. The van der Waals surface area contributed by atoms with E-state index in [1.165, 1.54) is 0 Å². The molecule has 1 aromatic rings. The molecule has 0 aliphatic rings. The summed E-state index contributed by atoms with van der Waals surface area (Å²) in [5, 5.41) is 2.74. The summed E-state index contributed by atoms with van der Waals surface area (Å²) in [5.41, 5.74) is 7.07. The average molecular weight is 264 g/mol. The first-order chi connectivity index (χ1) is 9.06. The van der Waals surface area contributed by atoms with E-state index in [1.54, 1.807) is 6.92 Å². The number of likely N-dealkylation sites (N-methyl/N-ethyl adjacent to an activating group) is 1. The van der Waals surface area contributed by atoms with Gasteiger partial charge in [0.25, 0.3) is 5.91 Å². The number of hydrogen-bond donors (Lipinski definition) is 2. The van der Waals surface area contributed by atoms with Gasteiger partial charge in [-0.2, -0.15) is 0 Å². The van der Waals surface area contributed by atoms with Gasteiger partial charge in [0.15, 0.2) is 6.10 Å². The minimum Gasteiger partial charge on any atom is -0.481 e. The summed E-state index contributed by atoms with van der Waals surface area (Å²) in [6.45, 7) is 6.31. The maximum Gasteiger partial charge on any atom is 0.260 e. The molecule has 3 N–H and O–H groups in total. The SMILES string of the molecule is CCNC(=O)C(C)Oc1cccc(CC(N)CC)c1. The molecule has 0 saturated heterocycles. The molecule has 0 heterocycles. The van der Waals surface area contributed by atoms with E-state index in [1.807, 2.05) is 31.2 Å². The molecule has 2 unspecified atom stereocenters. The first-order valence-electron chi connectivity index (χ1n) is 6.85. The lowest BCUT2D eigenvalue weighted by Crippen LogP contribution is -2.36. The summed E-state index contributed by atoms with van der Waals surface area (Å²) in [7, 11) is 0. The Morgan fingerprint density at radius 2 is 2.16 bits per heavy atom. The van der Waals surface area contributed by atoms with Gasteiger partial charge in [-0.15, -0.1) is 0 Å². The lowest BCUT2D eigenvalue weighted by atomic mass is 10.0. The molecule has 4 heteroatoms. The van der Waals surface area contributed by atoms with Crippen molar-refractivity contribution in [3.63, 3.8) is 0 Å². The number of amides is 1. The van der Waals surface area contributed by atoms with Gasteiger partial charge < -0.3 is 15.8 Å². The molecule has 106 valence electrons. The Kier molecular flexibility index (Phi) is 6.36. The van der Waals surface area contributed by atoms with Crippen molar-refractivity contribution in [3.05, 3.63) is 29.8 Å². The molecule has 19 heavy (non-hydrogen) atoms. The summed E-state index contributed by atoms with van der Waals surface area (Å²) in [6, 6.07) is 7.93.